The number of hydrogen-bond donors (Lipinski definition) is 2. The average Bonchev–Trinajstić information content (AvgIpc) is 2.49. The van der Waals surface area contributed by atoms with E-state index in [2.05, 4.69) is 15.5 Å². The van der Waals surface area contributed by atoms with Crippen LogP contribution in [-0.4, -0.2) is 27.8 Å². The van der Waals surface area contributed by atoms with Gasteiger partial charge >= 0.3 is 0 Å². The lowest BCUT2D eigenvalue weighted by Gasteiger charge is -2.10. The number of carbonyl (C=O) groups excluding carboxylic acids is 1. The number of aryl methyl sites for hydroxylation is 1. The van der Waals surface area contributed by atoms with Crippen LogP contribution in [0, 0.1) is 6.92 Å². The van der Waals surface area contributed by atoms with E-state index in [0.717, 1.165) is 16.9 Å². The first-order chi connectivity index (χ1) is 10.1. The number of benzene rings is 1. The number of hydrogen-bond acceptors (Lipinski definition) is 4. The summed E-state index contributed by atoms with van der Waals surface area (Å²) in [5, 5.41) is 19.8. The van der Waals surface area contributed by atoms with Crippen LogP contribution in [0.3, 0.4) is 0 Å². The molecule has 110 valence electrons. The van der Waals surface area contributed by atoms with Crippen LogP contribution in [0.1, 0.15) is 29.8 Å². The van der Waals surface area contributed by atoms with Gasteiger partial charge in [0, 0.05) is 18.2 Å². The fourth-order valence-electron chi connectivity index (χ4n) is 1.89. The van der Waals surface area contributed by atoms with Crippen LogP contribution in [0.2, 0.25) is 0 Å². The lowest BCUT2D eigenvalue weighted by Crippen LogP contribution is -2.15. The molecule has 2 N–H and O–H groups in total. The lowest BCUT2D eigenvalue weighted by atomic mass is 10.0. The van der Waals surface area contributed by atoms with E-state index in [1.807, 2.05) is 44.2 Å². The quantitative estimate of drug-likeness (QED) is 0.881. The number of nitrogens with zero attached hydrogens (tertiary/aromatic N) is 2. The standard InChI is InChI=1S/C16H19N3O2/c1-11(10-20)13-4-7-14(8-5-13)17-16(21)9-15-6-3-12(2)18-19-15/h3-8,11,20H,9-10H2,1-2H3,(H,17,21). The van der Waals surface area contributed by atoms with Gasteiger partial charge in [-0.3, -0.25) is 4.79 Å². The van der Waals surface area contributed by atoms with Gasteiger partial charge in [0.15, 0.2) is 0 Å². The lowest BCUT2D eigenvalue weighted by molar-refractivity contribution is -0.115. The second-order valence-electron chi connectivity index (χ2n) is 5.10. The van der Waals surface area contributed by atoms with E-state index in [9.17, 15) is 4.79 Å². The number of anilines is 1. The normalized spacial score (nSPS) is 12.0. The van der Waals surface area contributed by atoms with Gasteiger partial charge in [0.05, 0.1) is 17.8 Å². The van der Waals surface area contributed by atoms with Gasteiger partial charge in [-0.1, -0.05) is 19.1 Å². The monoisotopic (exact) mass is 285 g/mol. The van der Waals surface area contributed by atoms with Crippen molar-refractivity contribution < 1.29 is 9.90 Å². The SMILES string of the molecule is Cc1ccc(CC(=O)Nc2ccc(C(C)CO)cc2)nn1. The van der Waals surface area contributed by atoms with Crippen molar-refractivity contribution in [3.8, 4) is 0 Å². The Labute approximate surface area is 124 Å². The van der Waals surface area contributed by atoms with E-state index in [-0.39, 0.29) is 24.9 Å². The minimum atomic E-state index is -0.129. The van der Waals surface area contributed by atoms with Gasteiger partial charge in [-0.25, -0.2) is 0 Å². The Morgan fingerprint density at radius 3 is 2.48 bits per heavy atom. The number of aliphatic hydroxyl groups is 1. The molecule has 1 aromatic carbocycles. The van der Waals surface area contributed by atoms with E-state index in [0.29, 0.717) is 5.69 Å². The van der Waals surface area contributed by atoms with Crippen LogP contribution in [-0.2, 0) is 11.2 Å². The van der Waals surface area contributed by atoms with Gasteiger partial charge < -0.3 is 10.4 Å². The first-order valence-electron chi connectivity index (χ1n) is 6.88. The summed E-state index contributed by atoms with van der Waals surface area (Å²) in [6.45, 7) is 3.91. The minimum Gasteiger partial charge on any atom is -0.396 e. The van der Waals surface area contributed by atoms with Crippen LogP contribution in [0.25, 0.3) is 0 Å². The van der Waals surface area contributed by atoms with Crippen molar-refractivity contribution in [1.82, 2.24) is 10.2 Å². The van der Waals surface area contributed by atoms with Crippen molar-refractivity contribution in [2.45, 2.75) is 26.2 Å². The summed E-state index contributed by atoms with van der Waals surface area (Å²) in [6.07, 6.45) is 0.197. The highest BCUT2D eigenvalue weighted by Gasteiger charge is 2.07. The Balaban J connectivity index is 1.94. The van der Waals surface area contributed by atoms with Crippen LogP contribution >= 0.6 is 0 Å². The van der Waals surface area contributed by atoms with Gasteiger partial charge in [-0.2, -0.15) is 10.2 Å². The number of carbonyl (C=O) groups is 1. The van der Waals surface area contributed by atoms with E-state index in [1.165, 1.54) is 0 Å². The maximum atomic E-state index is 11.9. The third-order valence-corrected chi connectivity index (χ3v) is 3.23. The van der Waals surface area contributed by atoms with Crippen molar-refractivity contribution in [3.05, 3.63) is 53.3 Å². The molecule has 5 nitrogen and oxygen atoms in total. The number of aliphatic hydroxyl groups excluding tert-OH is 1. The fraction of sp³-hybridized carbons (Fsp3) is 0.312. The molecule has 0 bridgehead atoms. The summed E-state index contributed by atoms with van der Waals surface area (Å²) in [6, 6.07) is 11.1. The first-order valence-corrected chi connectivity index (χ1v) is 6.88. The van der Waals surface area contributed by atoms with Crippen molar-refractivity contribution in [1.29, 1.82) is 0 Å². The van der Waals surface area contributed by atoms with Crippen molar-refractivity contribution in [2.24, 2.45) is 0 Å². The molecule has 1 aromatic heterocycles. The Bertz CT molecular complexity index is 594. The van der Waals surface area contributed by atoms with E-state index < -0.39 is 0 Å². The van der Waals surface area contributed by atoms with E-state index in [4.69, 9.17) is 5.11 Å². The van der Waals surface area contributed by atoms with Crippen LogP contribution in [0.4, 0.5) is 5.69 Å². The summed E-state index contributed by atoms with van der Waals surface area (Å²) in [7, 11) is 0. The van der Waals surface area contributed by atoms with Crippen molar-refractivity contribution in [2.75, 3.05) is 11.9 Å². The predicted molar refractivity (Wildman–Crippen MR) is 81.0 cm³/mol. The summed E-state index contributed by atoms with van der Waals surface area (Å²) in [4.78, 5) is 11.9. The molecule has 5 heteroatoms. The Morgan fingerprint density at radius 1 is 1.19 bits per heavy atom. The van der Waals surface area contributed by atoms with Crippen LogP contribution < -0.4 is 5.32 Å². The highest BCUT2D eigenvalue weighted by atomic mass is 16.3. The molecule has 0 aliphatic rings. The minimum absolute atomic E-state index is 0.0950. The molecule has 0 aliphatic heterocycles. The van der Waals surface area contributed by atoms with E-state index in [1.54, 1.807) is 6.07 Å². The molecular weight excluding hydrogens is 266 g/mol. The molecule has 0 fully saturated rings. The van der Waals surface area contributed by atoms with Gasteiger partial charge in [0.1, 0.15) is 0 Å². The van der Waals surface area contributed by atoms with Gasteiger partial charge in [0.2, 0.25) is 5.91 Å². The van der Waals surface area contributed by atoms with Crippen LogP contribution in [0.15, 0.2) is 36.4 Å². The van der Waals surface area contributed by atoms with Gasteiger partial charge in [-0.05, 0) is 36.8 Å². The number of amides is 1. The third-order valence-electron chi connectivity index (χ3n) is 3.23. The van der Waals surface area contributed by atoms with E-state index >= 15 is 0 Å². The fourth-order valence-corrected chi connectivity index (χ4v) is 1.89. The Kier molecular flexibility index (Phi) is 5.00. The number of nitrogens with one attached hydrogen (secondary N) is 1. The largest absolute Gasteiger partial charge is 0.396 e. The Hall–Kier alpha value is -2.27. The molecule has 1 heterocycles. The van der Waals surface area contributed by atoms with Gasteiger partial charge in [0.25, 0.3) is 0 Å². The molecule has 0 spiro atoms. The highest BCUT2D eigenvalue weighted by molar-refractivity contribution is 5.91. The molecule has 2 aromatic rings. The molecule has 21 heavy (non-hydrogen) atoms. The highest BCUT2D eigenvalue weighted by Crippen LogP contribution is 2.17. The second kappa shape index (κ2) is 6.95. The third kappa shape index (κ3) is 4.36. The topological polar surface area (TPSA) is 75.1 Å². The summed E-state index contributed by atoms with van der Waals surface area (Å²) < 4.78 is 0. The molecule has 0 saturated heterocycles. The molecule has 1 unspecified atom stereocenters. The zero-order valence-corrected chi connectivity index (χ0v) is 12.2. The van der Waals surface area contributed by atoms with Crippen molar-refractivity contribution >= 4 is 11.6 Å². The summed E-state index contributed by atoms with van der Waals surface area (Å²) >= 11 is 0. The smallest absolute Gasteiger partial charge is 0.230 e. The maximum absolute atomic E-state index is 11.9. The zero-order valence-electron chi connectivity index (χ0n) is 12.2. The first kappa shape index (κ1) is 15.1. The number of rotatable bonds is 5. The van der Waals surface area contributed by atoms with Crippen molar-refractivity contribution in [3.63, 3.8) is 0 Å². The second-order valence-corrected chi connectivity index (χ2v) is 5.10. The molecule has 0 radical (unpaired) electrons. The summed E-state index contributed by atoms with van der Waals surface area (Å²) in [5.74, 6) is -0.0336. The van der Waals surface area contributed by atoms with Crippen LogP contribution in [0.5, 0.6) is 0 Å². The predicted octanol–water partition coefficient (Wildman–Crippen LogP) is 2.06. The summed E-state index contributed by atoms with van der Waals surface area (Å²) in [5.41, 5.74) is 3.24. The number of aromatic nitrogens is 2. The molecule has 2 rings (SSSR count). The molecule has 0 aliphatic carbocycles. The molecule has 1 atom stereocenters. The average molecular weight is 285 g/mol. The zero-order chi connectivity index (χ0) is 15.2. The van der Waals surface area contributed by atoms with Gasteiger partial charge in [-0.15, -0.1) is 0 Å². The molecular formula is C16H19N3O2. The Morgan fingerprint density at radius 2 is 1.90 bits per heavy atom. The molecule has 0 saturated carbocycles. The maximum Gasteiger partial charge on any atom is 0.230 e. The molecule has 1 amide bonds.